The first-order valence-electron chi connectivity index (χ1n) is 4.61. The molecular formula is C11H15NO2. The summed E-state index contributed by atoms with van der Waals surface area (Å²) in [4.78, 5) is 10.3. The molecule has 3 heteroatoms. The second kappa shape index (κ2) is 4.65. The van der Waals surface area contributed by atoms with Gasteiger partial charge in [-0.2, -0.15) is 0 Å². The fourth-order valence-corrected chi connectivity index (χ4v) is 1.25. The molecule has 0 aromatic heterocycles. The van der Waals surface area contributed by atoms with Crippen molar-refractivity contribution in [3.63, 3.8) is 0 Å². The minimum Gasteiger partial charge on any atom is -0.427 e. The van der Waals surface area contributed by atoms with Gasteiger partial charge in [-0.25, -0.2) is 0 Å². The lowest BCUT2D eigenvalue weighted by Crippen LogP contribution is -1.98. The highest BCUT2D eigenvalue weighted by molar-refractivity contribution is 5.61. The van der Waals surface area contributed by atoms with Crippen LogP contribution in [0.1, 0.15) is 25.3 Å². The number of anilines is 1. The third-order valence-electron chi connectivity index (χ3n) is 2.12. The molecule has 1 rings (SSSR count). The third-order valence-corrected chi connectivity index (χ3v) is 2.12. The van der Waals surface area contributed by atoms with Gasteiger partial charge in [-0.05, 0) is 23.6 Å². The molecule has 76 valence electrons. The van der Waals surface area contributed by atoms with Crippen LogP contribution < -0.4 is 10.1 Å². The summed E-state index contributed by atoms with van der Waals surface area (Å²) in [6, 6.07) is 5.81. The average molecular weight is 193 g/mol. The molecule has 0 atom stereocenters. The van der Waals surface area contributed by atoms with Gasteiger partial charge in [-0.1, -0.05) is 19.9 Å². The van der Waals surface area contributed by atoms with Gasteiger partial charge < -0.3 is 10.1 Å². The zero-order valence-corrected chi connectivity index (χ0v) is 8.70. The van der Waals surface area contributed by atoms with Gasteiger partial charge in [0.2, 0.25) is 0 Å². The largest absolute Gasteiger partial charge is 0.427 e. The molecule has 0 aliphatic carbocycles. The molecule has 14 heavy (non-hydrogen) atoms. The highest BCUT2D eigenvalue weighted by atomic mass is 16.5. The lowest BCUT2D eigenvalue weighted by molar-refractivity contribution is -0.120. The smallest absolute Gasteiger partial charge is 0.298 e. The van der Waals surface area contributed by atoms with E-state index in [1.54, 1.807) is 7.05 Å². The summed E-state index contributed by atoms with van der Waals surface area (Å²) in [5.41, 5.74) is 1.97. The molecule has 3 nitrogen and oxygen atoms in total. The summed E-state index contributed by atoms with van der Waals surface area (Å²) in [5.74, 6) is 1.00. The topological polar surface area (TPSA) is 38.3 Å². The molecule has 0 radical (unpaired) electrons. The predicted octanol–water partition coefficient (Wildman–Crippen LogP) is 2.39. The Morgan fingerprint density at radius 2 is 2.14 bits per heavy atom. The molecule has 0 fully saturated rings. The second-order valence-corrected chi connectivity index (χ2v) is 3.37. The Bertz CT molecular complexity index is 321. The van der Waals surface area contributed by atoms with Crippen LogP contribution in [0.15, 0.2) is 18.2 Å². The van der Waals surface area contributed by atoms with Crippen LogP contribution in [0.4, 0.5) is 5.69 Å². The predicted molar refractivity (Wildman–Crippen MR) is 56.8 cm³/mol. The zero-order valence-electron chi connectivity index (χ0n) is 8.70. The molecular weight excluding hydrogens is 178 g/mol. The summed E-state index contributed by atoms with van der Waals surface area (Å²) in [5, 5.41) is 2.96. The van der Waals surface area contributed by atoms with Gasteiger partial charge in [0.1, 0.15) is 0 Å². The minimum atomic E-state index is 0.426. The molecule has 0 aliphatic heterocycles. The second-order valence-electron chi connectivity index (χ2n) is 3.37. The summed E-state index contributed by atoms with van der Waals surface area (Å²) in [6.45, 7) is 4.64. The van der Waals surface area contributed by atoms with Crippen LogP contribution in [0.5, 0.6) is 5.75 Å². The van der Waals surface area contributed by atoms with Crippen LogP contribution in [0.2, 0.25) is 0 Å². The summed E-state index contributed by atoms with van der Waals surface area (Å²) in [6.07, 6.45) is 0. The van der Waals surface area contributed by atoms with Crippen LogP contribution in [-0.4, -0.2) is 13.5 Å². The molecule has 1 N–H and O–H groups in total. The maximum atomic E-state index is 10.3. The van der Waals surface area contributed by atoms with Gasteiger partial charge in [-0.3, -0.25) is 4.79 Å². The summed E-state index contributed by atoms with van der Waals surface area (Å²) >= 11 is 0. The molecule has 0 spiro atoms. The van der Waals surface area contributed by atoms with Crippen LogP contribution in [-0.2, 0) is 4.79 Å². The highest BCUT2D eigenvalue weighted by Crippen LogP contribution is 2.28. The summed E-state index contributed by atoms with van der Waals surface area (Å²) in [7, 11) is 1.79. The van der Waals surface area contributed by atoms with Gasteiger partial charge in [-0.15, -0.1) is 0 Å². The molecule has 0 heterocycles. The Balaban J connectivity index is 3.06. The molecule has 1 aromatic rings. The fraction of sp³-hybridized carbons (Fsp3) is 0.364. The lowest BCUT2D eigenvalue weighted by atomic mass is 10.0. The Hall–Kier alpha value is -1.51. The van der Waals surface area contributed by atoms with Crippen molar-refractivity contribution < 1.29 is 9.53 Å². The fourth-order valence-electron chi connectivity index (χ4n) is 1.25. The van der Waals surface area contributed by atoms with Crippen LogP contribution >= 0.6 is 0 Å². The third kappa shape index (κ3) is 2.25. The number of carbonyl (C=O) groups is 1. The van der Waals surface area contributed by atoms with E-state index in [1.807, 2.05) is 18.2 Å². The summed E-state index contributed by atoms with van der Waals surface area (Å²) < 4.78 is 4.88. The Morgan fingerprint density at radius 3 is 2.64 bits per heavy atom. The van der Waals surface area contributed by atoms with Crippen molar-refractivity contribution in [1.82, 2.24) is 0 Å². The number of nitrogens with one attached hydrogen (secondary N) is 1. The van der Waals surface area contributed by atoms with Crippen molar-refractivity contribution in [2.24, 2.45) is 0 Å². The van der Waals surface area contributed by atoms with E-state index < -0.39 is 0 Å². The van der Waals surface area contributed by atoms with E-state index >= 15 is 0 Å². The standard InChI is InChI=1S/C11H15NO2/c1-8(2)9-4-5-10(12-3)11(6-9)14-7-13/h4-8,12H,1-3H3. The highest BCUT2D eigenvalue weighted by Gasteiger charge is 2.05. The number of hydrogen-bond acceptors (Lipinski definition) is 3. The molecule has 0 aliphatic rings. The van der Waals surface area contributed by atoms with Gasteiger partial charge in [0.25, 0.3) is 6.47 Å². The van der Waals surface area contributed by atoms with E-state index in [-0.39, 0.29) is 0 Å². The van der Waals surface area contributed by atoms with Gasteiger partial charge >= 0.3 is 0 Å². The van der Waals surface area contributed by atoms with Crippen LogP contribution in [0.25, 0.3) is 0 Å². The Morgan fingerprint density at radius 1 is 1.43 bits per heavy atom. The molecule has 1 aromatic carbocycles. The van der Waals surface area contributed by atoms with Crippen molar-refractivity contribution >= 4 is 12.2 Å². The maximum absolute atomic E-state index is 10.3. The van der Waals surface area contributed by atoms with Crippen LogP contribution in [0.3, 0.4) is 0 Å². The quantitative estimate of drug-likeness (QED) is 0.746. The minimum absolute atomic E-state index is 0.426. The van der Waals surface area contributed by atoms with Gasteiger partial charge in [0, 0.05) is 7.05 Å². The van der Waals surface area contributed by atoms with Gasteiger partial charge in [0.05, 0.1) is 5.69 Å². The monoisotopic (exact) mass is 193 g/mol. The van der Waals surface area contributed by atoms with Crippen molar-refractivity contribution in [3.8, 4) is 5.75 Å². The van der Waals surface area contributed by atoms with E-state index in [1.165, 1.54) is 0 Å². The van der Waals surface area contributed by atoms with Crippen molar-refractivity contribution in [2.45, 2.75) is 19.8 Å². The molecule has 0 unspecified atom stereocenters. The Labute approximate surface area is 84.1 Å². The number of ether oxygens (including phenoxy) is 1. The SMILES string of the molecule is CNc1ccc(C(C)C)cc1OC=O. The van der Waals surface area contributed by atoms with Gasteiger partial charge in [0.15, 0.2) is 5.75 Å². The lowest BCUT2D eigenvalue weighted by Gasteiger charge is -2.11. The maximum Gasteiger partial charge on any atom is 0.298 e. The molecule has 0 saturated heterocycles. The Kier molecular flexibility index (Phi) is 3.51. The van der Waals surface area contributed by atoms with E-state index in [2.05, 4.69) is 19.2 Å². The molecule has 0 saturated carbocycles. The number of carbonyl (C=O) groups excluding carboxylic acids is 1. The zero-order chi connectivity index (χ0) is 10.6. The van der Waals surface area contributed by atoms with E-state index in [9.17, 15) is 4.79 Å². The number of hydrogen-bond donors (Lipinski definition) is 1. The van der Waals surface area contributed by atoms with E-state index in [4.69, 9.17) is 4.74 Å². The van der Waals surface area contributed by atoms with Crippen molar-refractivity contribution in [1.29, 1.82) is 0 Å². The first-order chi connectivity index (χ1) is 6.69. The number of rotatable bonds is 4. The molecule has 0 bridgehead atoms. The normalized spacial score (nSPS) is 10.0. The van der Waals surface area contributed by atoms with Crippen molar-refractivity contribution in [2.75, 3.05) is 12.4 Å². The van der Waals surface area contributed by atoms with E-state index in [0.717, 1.165) is 11.3 Å². The average Bonchev–Trinajstić information content (AvgIpc) is 2.18. The van der Waals surface area contributed by atoms with E-state index in [0.29, 0.717) is 18.1 Å². The van der Waals surface area contributed by atoms with Crippen molar-refractivity contribution in [3.05, 3.63) is 23.8 Å². The molecule has 0 amide bonds. The number of benzene rings is 1. The first-order valence-corrected chi connectivity index (χ1v) is 4.61. The first kappa shape index (κ1) is 10.6. The van der Waals surface area contributed by atoms with Crippen LogP contribution in [0, 0.1) is 0 Å².